The van der Waals surface area contributed by atoms with Crippen LogP contribution >= 0.6 is 11.3 Å². The highest BCUT2D eigenvalue weighted by atomic mass is 32.1. The minimum Gasteiger partial charge on any atom is -0.382 e. The molecule has 0 radical (unpaired) electrons. The summed E-state index contributed by atoms with van der Waals surface area (Å²) >= 11 is 1.26. The average molecular weight is 337 g/mol. The monoisotopic (exact) mass is 337 g/mol. The molecule has 3 aromatic rings. The van der Waals surface area contributed by atoms with E-state index in [-0.39, 0.29) is 29.1 Å². The molecule has 0 amide bonds. The van der Waals surface area contributed by atoms with Crippen molar-refractivity contribution in [3.63, 3.8) is 0 Å². The minimum absolute atomic E-state index is 0.0173. The van der Waals surface area contributed by atoms with Crippen molar-refractivity contribution < 1.29 is 13.3 Å². The number of hydrogen-bond donors (Lipinski definition) is 2. The lowest BCUT2D eigenvalue weighted by molar-refractivity contribution is 0.433. The number of nitrogens with one attached hydrogen (secondary N) is 1. The van der Waals surface area contributed by atoms with Crippen LogP contribution in [-0.2, 0) is 0 Å². The molecule has 0 unspecified atom stereocenters. The largest absolute Gasteiger partial charge is 0.382 e. The maximum absolute atomic E-state index is 13.8. The Bertz CT molecular complexity index is 846. The predicted octanol–water partition coefficient (Wildman–Crippen LogP) is 3.54. The van der Waals surface area contributed by atoms with E-state index in [1.165, 1.54) is 17.4 Å². The highest BCUT2D eigenvalue weighted by Gasteiger charge is 2.19. The summed E-state index contributed by atoms with van der Waals surface area (Å²) in [6, 6.07) is 3.33. The first kappa shape index (κ1) is 15.3. The van der Waals surface area contributed by atoms with Crippen LogP contribution in [-0.4, -0.2) is 21.2 Å². The lowest BCUT2D eigenvalue weighted by Gasteiger charge is -2.03. The van der Waals surface area contributed by atoms with E-state index in [0.29, 0.717) is 10.0 Å². The van der Waals surface area contributed by atoms with Gasteiger partial charge in [0.25, 0.3) is 5.89 Å². The summed E-state index contributed by atoms with van der Waals surface area (Å²) in [5.74, 6) is -1.05. The Morgan fingerprint density at radius 3 is 2.74 bits per heavy atom. The standard InChI is InChI=1S/C14H13F2N5OS/c1-6(2)18-14-19-11(17)10(23-14)13-20-12(21-22-13)8-4-3-7(15)5-9(8)16/h3-6H,17H2,1-2H3,(H,18,19). The number of thiazole rings is 1. The molecule has 23 heavy (non-hydrogen) atoms. The van der Waals surface area contributed by atoms with Crippen molar-refractivity contribution in [2.45, 2.75) is 19.9 Å². The highest BCUT2D eigenvalue weighted by Crippen LogP contribution is 2.35. The van der Waals surface area contributed by atoms with E-state index in [2.05, 4.69) is 20.4 Å². The van der Waals surface area contributed by atoms with Crippen molar-refractivity contribution >= 4 is 22.3 Å². The lowest BCUT2D eigenvalue weighted by atomic mass is 10.2. The summed E-state index contributed by atoms with van der Waals surface area (Å²) in [6.07, 6.45) is 0. The fraction of sp³-hybridized carbons (Fsp3) is 0.214. The summed E-state index contributed by atoms with van der Waals surface area (Å²) in [4.78, 5) is 8.78. The number of anilines is 2. The van der Waals surface area contributed by atoms with Crippen LogP contribution < -0.4 is 11.1 Å². The van der Waals surface area contributed by atoms with Crippen LogP contribution in [0.15, 0.2) is 22.7 Å². The molecular weight excluding hydrogens is 324 g/mol. The molecule has 2 heterocycles. The number of halogens is 2. The zero-order valence-corrected chi connectivity index (χ0v) is 13.1. The smallest absolute Gasteiger partial charge is 0.272 e. The van der Waals surface area contributed by atoms with Crippen molar-refractivity contribution in [1.82, 2.24) is 15.1 Å². The molecule has 0 aliphatic heterocycles. The predicted molar refractivity (Wildman–Crippen MR) is 83.9 cm³/mol. The molecule has 120 valence electrons. The Morgan fingerprint density at radius 1 is 1.26 bits per heavy atom. The number of aromatic nitrogens is 3. The van der Waals surface area contributed by atoms with E-state index in [1.54, 1.807) is 0 Å². The third-order valence-electron chi connectivity index (χ3n) is 2.86. The van der Waals surface area contributed by atoms with Gasteiger partial charge in [0.05, 0.1) is 5.56 Å². The van der Waals surface area contributed by atoms with Crippen molar-refractivity contribution in [1.29, 1.82) is 0 Å². The topological polar surface area (TPSA) is 89.9 Å². The molecule has 0 bridgehead atoms. The van der Waals surface area contributed by atoms with Crippen molar-refractivity contribution in [3.8, 4) is 22.2 Å². The van der Waals surface area contributed by atoms with Gasteiger partial charge in [-0.15, -0.1) is 0 Å². The second-order valence-corrected chi connectivity index (χ2v) is 6.08. The molecular formula is C14H13F2N5OS. The number of rotatable bonds is 4. The van der Waals surface area contributed by atoms with Gasteiger partial charge >= 0.3 is 0 Å². The summed E-state index contributed by atoms with van der Waals surface area (Å²) in [5.41, 5.74) is 5.90. The minimum atomic E-state index is -0.767. The summed E-state index contributed by atoms with van der Waals surface area (Å²) in [7, 11) is 0. The Hall–Kier alpha value is -2.55. The van der Waals surface area contributed by atoms with Gasteiger partial charge in [0.1, 0.15) is 22.3 Å². The van der Waals surface area contributed by atoms with Crippen molar-refractivity contribution in [2.75, 3.05) is 11.1 Å². The van der Waals surface area contributed by atoms with Crippen molar-refractivity contribution in [3.05, 3.63) is 29.8 Å². The maximum atomic E-state index is 13.8. The number of nitrogens with zero attached hydrogens (tertiary/aromatic N) is 3. The Morgan fingerprint density at radius 2 is 2.04 bits per heavy atom. The maximum Gasteiger partial charge on any atom is 0.272 e. The molecule has 0 aliphatic carbocycles. The summed E-state index contributed by atoms with van der Waals surface area (Å²) < 4.78 is 31.9. The molecule has 0 saturated carbocycles. The van der Waals surface area contributed by atoms with E-state index in [4.69, 9.17) is 10.3 Å². The van der Waals surface area contributed by atoms with E-state index in [0.717, 1.165) is 12.1 Å². The molecule has 3 N–H and O–H groups in total. The molecule has 3 rings (SSSR count). The van der Waals surface area contributed by atoms with Gasteiger partial charge in [0.15, 0.2) is 5.13 Å². The zero-order chi connectivity index (χ0) is 16.6. The van der Waals surface area contributed by atoms with Crippen LogP contribution in [0.5, 0.6) is 0 Å². The van der Waals surface area contributed by atoms with Crippen LogP contribution in [0, 0.1) is 11.6 Å². The van der Waals surface area contributed by atoms with E-state index < -0.39 is 11.6 Å². The molecule has 1 aromatic carbocycles. The summed E-state index contributed by atoms with van der Waals surface area (Å²) in [5, 5.41) is 7.47. The highest BCUT2D eigenvalue weighted by molar-refractivity contribution is 7.19. The van der Waals surface area contributed by atoms with E-state index in [1.807, 2.05) is 13.8 Å². The average Bonchev–Trinajstić information content (AvgIpc) is 3.05. The quantitative estimate of drug-likeness (QED) is 0.757. The fourth-order valence-corrected chi connectivity index (χ4v) is 2.84. The number of nitrogens with two attached hydrogens (primary N) is 1. The normalized spacial score (nSPS) is 11.2. The van der Waals surface area contributed by atoms with Gasteiger partial charge in [0.2, 0.25) is 5.82 Å². The van der Waals surface area contributed by atoms with Gasteiger partial charge in [-0.3, -0.25) is 0 Å². The van der Waals surface area contributed by atoms with E-state index >= 15 is 0 Å². The SMILES string of the molecule is CC(C)Nc1nc(N)c(-c2nc(-c3ccc(F)cc3F)no2)s1. The van der Waals surface area contributed by atoms with Crippen molar-refractivity contribution in [2.24, 2.45) is 0 Å². The molecule has 6 nitrogen and oxygen atoms in total. The van der Waals surface area contributed by atoms with Gasteiger partial charge in [0, 0.05) is 12.1 Å². The third-order valence-corrected chi connectivity index (χ3v) is 3.85. The third kappa shape index (κ3) is 3.14. The Kier molecular flexibility index (Phi) is 3.95. The van der Waals surface area contributed by atoms with Crippen LogP contribution in [0.25, 0.3) is 22.2 Å². The first-order valence-corrected chi connectivity index (χ1v) is 7.58. The second kappa shape index (κ2) is 5.92. The number of benzene rings is 1. The Labute approximate surface area is 134 Å². The van der Waals surface area contributed by atoms with Gasteiger partial charge in [-0.2, -0.15) is 4.98 Å². The van der Waals surface area contributed by atoms with Crippen LogP contribution in [0.2, 0.25) is 0 Å². The van der Waals surface area contributed by atoms with Crippen LogP contribution in [0.4, 0.5) is 19.7 Å². The molecule has 2 aromatic heterocycles. The second-order valence-electron chi connectivity index (χ2n) is 5.08. The molecule has 0 saturated heterocycles. The Balaban J connectivity index is 1.94. The van der Waals surface area contributed by atoms with Gasteiger partial charge in [-0.05, 0) is 26.0 Å². The van der Waals surface area contributed by atoms with Gasteiger partial charge < -0.3 is 15.6 Å². The van der Waals surface area contributed by atoms with Crippen LogP contribution in [0.1, 0.15) is 13.8 Å². The summed E-state index contributed by atoms with van der Waals surface area (Å²) in [6.45, 7) is 3.94. The van der Waals surface area contributed by atoms with E-state index in [9.17, 15) is 8.78 Å². The first-order chi connectivity index (χ1) is 10.9. The number of nitrogen functional groups attached to an aromatic ring is 1. The lowest BCUT2D eigenvalue weighted by Crippen LogP contribution is -2.09. The molecule has 0 atom stereocenters. The van der Waals surface area contributed by atoms with Gasteiger partial charge in [-0.1, -0.05) is 16.5 Å². The zero-order valence-electron chi connectivity index (χ0n) is 12.3. The van der Waals surface area contributed by atoms with Gasteiger partial charge in [-0.25, -0.2) is 13.8 Å². The molecule has 0 fully saturated rings. The molecule has 0 spiro atoms. The molecule has 9 heteroatoms. The first-order valence-electron chi connectivity index (χ1n) is 6.76. The number of hydrogen-bond acceptors (Lipinski definition) is 7. The fourth-order valence-electron chi connectivity index (χ4n) is 1.89. The van der Waals surface area contributed by atoms with Crippen LogP contribution in [0.3, 0.4) is 0 Å². The molecule has 0 aliphatic rings.